The van der Waals surface area contributed by atoms with E-state index in [1.54, 1.807) is 0 Å². The third kappa shape index (κ3) is 4.42. The lowest BCUT2D eigenvalue weighted by Gasteiger charge is -2.15. The fraction of sp³-hybridized carbons (Fsp3) is 0.375. The summed E-state index contributed by atoms with van der Waals surface area (Å²) in [5.74, 6) is -1.36. The van der Waals surface area contributed by atoms with E-state index in [9.17, 15) is 30.4 Å². The van der Waals surface area contributed by atoms with E-state index in [1.807, 2.05) is 0 Å². The van der Waals surface area contributed by atoms with Crippen molar-refractivity contribution in [3.63, 3.8) is 0 Å². The predicted molar refractivity (Wildman–Crippen MR) is 61.5 cm³/mol. The van der Waals surface area contributed by atoms with Crippen LogP contribution < -0.4 is 4.74 Å². The van der Waals surface area contributed by atoms with Gasteiger partial charge in [-0.25, -0.2) is 22.2 Å². The van der Waals surface area contributed by atoms with Crippen LogP contribution in [0.1, 0.15) is 17.7 Å². The number of rotatable bonds is 4. The van der Waals surface area contributed by atoms with Gasteiger partial charge in [0.25, 0.3) is 15.5 Å². The van der Waals surface area contributed by atoms with Crippen LogP contribution >= 0.6 is 26.6 Å². The Morgan fingerprint density at radius 1 is 1.40 bits per heavy atom. The molecule has 1 heterocycles. The number of nitrogens with zero attached hydrogens (tertiary/aromatic N) is 1. The average molecular weight is 405 g/mol. The van der Waals surface area contributed by atoms with Gasteiger partial charge in [-0.1, -0.05) is 15.9 Å². The maximum Gasteiger partial charge on any atom is 0.573 e. The number of aromatic nitrogens is 1. The molecule has 0 radical (unpaired) electrons. The van der Waals surface area contributed by atoms with E-state index in [-0.39, 0.29) is 11.0 Å². The van der Waals surface area contributed by atoms with Crippen molar-refractivity contribution in [2.24, 2.45) is 0 Å². The second-order valence-electron chi connectivity index (χ2n) is 3.25. The lowest BCUT2D eigenvalue weighted by atomic mass is 10.2. The Morgan fingerprint density at radius 3 is 2.30 bits per heavy atom. The lowest BCUT2D eigenvalue weighted by Crippen LogP contribution is -2.20. The number of hydrogen-bond donors (Lipinski definition) is 0. The van der Waals surface area contributed by atoms with Gasteiger partial charge in [0.05, 0.1) is 11.3 Å². The van der Waals surface area contributed by atoms with Crippen LogP contribution in [0.15, 0.2) is 11.1 Å². The molecule has 0 aliphatic heterocycles. The van der Waals surface area contributed by atoms with Crippen LogP contribution in [0, 0.1) is 0 Å². The summed E-state index contributed by atoms with van der Waals surface area (Å²) in [5, 5.41) is -1.56. The van der Waals surface area contributed by atoms with E-state index in [0.717, 1.165) is 0 Å². The normalized spacial score (nSPS) is 12.8. The topological polar surface area (TPSA) is 56.3 Å². The first-order valence-corrected chi connectivity index (χ1v) is 7.97. The van der Waals surface area contributed by atoms with E-state index in [2.05, 4.69) is 25.7 Å². The van der Waals surface area contributed by atoms with E-state index >= 15 is 0 Å². The second-order valence-corrected chi connectivity index (χ2v) is 6.29. The first-order chi connectivity index (χ1) is 8.95. The molecule has 0 saturated heterocycles. The maximum atomic E-state index is 12.8. The number of pyridine rings is 1. The van der Waals surface area contributed by atoms with Crippen LogP contribution in [-0.4, -0.2) is 19.8 Å². The molecule has 0 unspecified atom stereocenters. The van der Waals surface area contributed by atoms with Gasteiger partial charge in [-0.15, -0.1) is 13.2 Å². The molecule has 20 heavy (non-hydrogen) atoms. The van der Waals surface area contributed by atoms with E-state index in [4.69, 9.17) is 10.7 Å². The first-order valence-electron chi connectivity index (χ1n) is 4.54. The highest BCUT2D eigenvalue weighted by Crippen LogP contribution is 2.38. The van der Waals surface area contributed by atoms with Crippen molar-refractivity contribution in [3.8, 4) is 5.75 Å². The van der Waals surface area contributed by atoms with Crippen LogP contribution in [-0.2, 0) is 14.4 Å². The fourth-order valence-corrected chi connectivity index (χ4v) is 2.54. The second kappa shape index (κ2) is 5.98. The molecule has 0 aromatic carbocycles. The smallest absolute Gasteiger partial charge is 0.405 e. The average Bonchev–Trinajstić information content (AvgIpc) is 2.23. The van der Waals surface area contributed by atoms with Crippen LogP contribution in [0.25, 0.3) is 0 Å². The van der Waals surface area contributed by atoms with Crippen molar-refractivity contribution in [1.29, 1.82) is 0 Å². The molecule has 0 fully saturated rings. The third-order valence-corrected chi connectivity index (χ3v) is 3.64. The van der Waals surface area contributed by atoms with Gasteiger partial charge in [0.2, 0.25) is 0 Å². The summed E-state index contributed by atoms with van der Waals surface area (Å²) >= 11 is 2.81. The molecule has 0 N–H and O–H groups in total. The molecule has 0 aliphatic rings. The molecule has 1 aromatic rings. The summed E-state index contributed by atoms with van der Waals surface area (Å²) in [5.41, 5.74) is -1.81. The van der Waals surface area contributed by atoms with Crippen molar-refractivity contribution in [2.75, 3.05) is 0 Å². The van der Waals surface area contributed by atoms with Gasteiger partial charge >= 0.3 is 6.36 Å². The molecule has 12 heteroatoms. The van der Waals surface area contributed by atoms with Gasteiger partial charge in [0.15, 0.2) is 5.03 Å². The van der Waals surface area contributed by atoms with Crippen molar-refractivity contribution in [3.05, 3.63) is 17.3 Å². The Balaban J connectivity index is 3.63. The molecule has 1 aromatic heterocycles. The minimum atomic E-state index is -5.28. The predicted octanol–water partition coefficient (Wildman–Crippen LogP) is 3.74. The molecule has 114 valence electrons. The molecule has 0 amide bonds. The van der Waals surface area contributed by atoms with E-state index in [1.165, 1.54) is 0 Å². The standard InChI is InChI=1S/C8H4BrClF5NO3S/c9-2-3-1-4(19-8(13,14)15)5(6(11)12)7(16-3)20(10,17)18/h1,6H,2H2. The Hall–Kier alpha value is -0.680. The molecule has 0 atom stereocenters. The quantitative estimate of drug-likeness (QED) is 0.436. The van der Waals surface area contributed by atoms with Crippen LogP contribution in [0.4, 0.5) is 22.0 Å². The largest absolute Gasteiger partial charge is 0.573 e. The zero-order chi connectivity index (χ0) is 15.7. The Labute approximate surface area is 122 Å². The maximum absolute atomic E-state index is 12.8. The summed E-state index contributed by atoms with van der Waals surface area (Å²) in [6.45, 7) is 0. The molecule has 0 aliphatic carbocycles. The molecule has 0 saturated carbocycles. The zero-order valence-electron chi connectivity index (χ0n) is 9.09. The number of ether oxygens (including phenoxy) is 1. The Morgan fingerprint density at radius 2 is 1.95 bits per heavy atom. The first kappa shape index (κ1) is 17.4. The molecular formula is C8H4BrClF5NO3S. The minimum Gasteiger partial charge on any atom is -0.405 e. The molecular weight excluding hydrogens is 401 g/mol. The number of alkyl halides is 6. The summed E-state index contributed by atoms with van der Waals surface area (Å²) in [6.07, 6.45) is -8.85. The summed E-state index contributed by atoms with van der Waals surface area (Å²) in [6, 6.07) is 0.551. The van der Waals surface area contributed by atoms with Crippen LogP contribution in [0.2, 0.25) is 0 Å². The van der Waals surface area contributed by atoms with Crippen molar-refractivity contribution < 1.29 is 35.1 Å². The van der Waals surface area contributed by atoms with E-state index < -0.39 is 38.2 Å². The lowest BCUT2D eigenvalue weighted by molar-refractivity contribution is -0.275. The highest BCUT2D eigenvalue weighted by atomic mass is 79.9. The third-order valence-electron chi connectivity index (χ3n) is 1.85. The molecule has 0 bridgehead atoms. The summed E-state index contributed by atoms with van der Waals surface area (Å²) in [7, 11) is 0.128. The SMILES string of the molecule is O=S(=O)(Cl)c1nc(CBr)cc(OC(F)(F)F)c1C(F)F. The van der Waals surface area contributed by atoms with Crippen molar-refractivity contribution >= 4 is 35.7 Å². The van der Waals surface area contributed by atoms with Crippen LogP contribution in [0.5, 0.6) is 5.75 Å². The fourth-order valence-electron chi connectivity index (χ4n) is 1.22. The van der Waals surface area contributed by atoms with Gasteiger partial charge in [-0.3, -0.25) is 0 Å². The zero-order valence-corrected chi connectivity index (χ0v) is 12.2. The highest BCUT2D eigenvalue weighted by molar-refractivity contribution is 9.08. The van der Waals surface area contributed by atoms with Gasteiger partial charge in [0.1, 0.15) is 5.75 Å². The minimum absolute atomic E-state index is 0.190. The van der Waals surface area contributed by atoms with Crippen molar-refractivity contribution in [1.82, 2.24) is 4.98 Å². The van der Waals surface area contributed by atoms with Crippen molar-refractivity contribution in [2.45, 2.75) is 23.1 Å². The highest BCUT2D eigenvalue weighted by Gasteiger charge is 2.36. The molecule has 1 rings (SSSR count). The van der Waals surface area contributed by atoms with Gasteiger partial charge in [0, 0.05) is 22.1 Å². The Kier molecular flexibility index (Phi) is 5.19. The Bertz CT molecular complexity index is 607. The summed E-state index contributed by atoms with van der Waals surface area (Å²) < 4.78 is 87.8. The van der Waals surface area contributed by atoms with Gasteiger partial charge in [-0.05, 0) is 0 Å². The van der Waals surface area contributed by atoms with Gasteiger partial charge in [-0.2, -0.15) is 0 Å². The van der Waals surface area contributed by atoms with Gasteiger partial charge < -0.3 is 4.74 Å². The number of hydrogen-bond acceptors (Lipinski definition) is 4. The summed E-state index contributed by atoms with van der Waals surface area (Å²) in [4.78, 5) is 3.28. The van der Waals surface area contributed by atoms with E-state index in [0.29, 0.717) is 6.07 Å². The molecule has 4 nitrogen and oxygen atoms in total. The van der Waals surface area contributed by atoms with Crippen LogP contribution in [0.3, 0.4) is 0 Å². The number of halogens is 7. The molecule has 0 spiro atoms. The monoisotopic (exact) mass is 403 g/mol.